The van der Waals surface area contributed by atoms with Gasteiger partial charge in [0.25, 0.3) is 0 Å². The van der Waals surface area contributed by atoms with Crippen molar-refractivity contribution in [3.05, 3.63) is 58.6 Å². The van der Waals surface area contributed by atoms with E-state index in [2.05, 4.69) is 0 Å². The van der Waals surface area contributed by atoms with E-state index in [1.54, 1.807) is 24.3 Å². The van der Waals surface area contributed by atoms with Crippen LogP contribution in [0.5, 0.6) is 5.75 Å². The maximum Gasteiger partial charge on any atom is 0.175 e. The van der Waals surface area contributed by atoms with Gasteiger partial charge >= 0.3 is 0 Å². The van der Waals surface area contributed by atoms with Crippen LogP contribution in [-0.2, 0) is 10.8 Å². The molecule has 21 heavy (non-hydrogen) atoms. The van der Waals surface area contributed by atoms with Crippen molar-refractivity contribution in [3.63, 3.8) is 0 Å². The molecule has 0 aliphatic heterocycles. The highest BCUT2D eigenvalue weighted by Gasteiger charge is 2.14. The van der Waals surface area contributed by atoms with Gasteiger partial charge in [-0.05, 0) is 37.3 Å². The van der Waals surface area contributed by atoms with Crippen LogP contribution in [0.2, 0.25) is 5.02 Å². The molecule has 2 aromatic carbocycles. The quantitative estimate of drug-likeness (QED) is 0.789. The molecule has 1 unspecified atom stereocenters. The Bertz CT molecular complexity index is 680. The normalized spacial score (nSPS) is 12.0. The molecule has 0 bridgehead atoms. The van der Waals surface area contributed by atoms with E-state index < -0.39 is 10.8 Å². The number of rotatable bonds is 5. The van der Waals surface area contributed by atoms with Crippen LogP contribution in [0.4, 0.5) is 0 Å². The number of carbonyl (C=O) groups is 1. The molecule has 1 atom stereocenters. The van der Waals surface area contributed by atoms with Crippen molar-refractivity contribution in [2.24, 2.45) is 0 Å². The van der Waals surface area contributed by atoms with Crippen LogP contribution in [0, 0.1) is 6.92 Å². The van der Waals surface area contributed by atoms with Crippen molar-refractivity contribution in [3.8, 4) is 5.75 Å². The molecule has 0 N–H and O–H groups in total. The first-order valence-corrected chi connectivity index (χ1v) is 8.02. The van der Waals surface area contributed by atoms with Gasteiger partial charge in [0.05, 0.1) is 28.7 Å². The Balaban J connectivity index is 2.12. The molecule has 0 aliphatic rings. The van der Waals surface area contributed by atoms with E-state index in [1.165, 1.54) is 13.2 Å². The minimum atomic E-state index is -1.36. The third-order valence-electron chi connectivity index (χ3n) is 3.02. The molecule has 2 aromatic rings. The lowest BCUT2D eigenvalue weighted by atomic mass is 10.1. The van der Waals surface area contributed by atoms with Gasteiger partial charge in [-0.15, -0.1) is 0 Å². The van der Waals surface area contributed by atoms with Gasteiger partial charge in [0.1, 0.15) is 5.75 Å². The van der Waals surface area contributed by atoms with Gasteiger partial charge in [-0.2, -0.15) is 0 Å². The van der Waals surface area contributed by atoms with E-state index in [-0.39, 0.29) is 11.5 Å². The summed E-state index contributed by atoms with van der Waals surface area (Å²) in [6, 6.07) is 12.1. The first-order valence-electron chi connectivity index (χ1n) is 6.33. The SMILES string of the molecule is COc1ccc(C(=O)CS(=O)c2ccc(C)cc2)cc1Cl. The van der Waals surface area contributed by atoms with Crippen molar-refractivity contribution >= 4 is 28.2 Å². The predicted molar refractivity (Wildman–Crippen MR) is 84.8 cm³/mol. The van der Waals surface area contributed by atoms with Crippen LogP contribution in [0.3, 0.4) is 0 Å². The lowest BCUT2D eigenvalue weighted by Crippen LogP contribution is -2.11. The molecule has 3 nitrogen and oxygen atoms in total. The zero-order valence-electron chi connectivity index (χ0n) is 11.8. The van der Waals surface area contributed by atoms with Crippen LogP contribution in [0.25, 0.3) is 0 Å². The first kappa shape index (κ1) is 15.7. The number of carbonyl (C=O) groups excluding carboxylic acids is 1. The Morgan fingerprint density at radius 3 is 2.43 bits per heavy atom. The fourth-order valence-electron chi connectivity index (χ4n) is 1.82. The van der Waals surface area contributed by atoms with E-state index in [4.69, 9.17) is 16.3 Å². The number of Topliss-reactive ketones (excluding diaryl/α,β-unsaturated/α-hetero) is 1. The number of ketones is 1. The lowest BCUT2D eigenvalue weighted by Gasteiger charge is -2.06. The summed E-state index contributed by atoms with van der Waals surface area (Å²) >= 11 is 5.99. The standard InChI is InChI=1S/C16H15ClO3S/c1-11-3-6-13(7-4-11)21(19)10-15(18)12-5-8-16(20-2)14(17)9-12/h3-9H,10H2,1-2H3. The van der Waals surface area contributed by atoms with Crippen molar-refractivity contribution in [1.29, 1.82) is 0 Å². The Labute approximate surface area is 131 Å². The maximum absolute atomic E-state index is 12.2. The number of hydrogen-bond donors (Lipinski definition) is 0. The number of hydrogen-bond acceptors (Lipinski definition) is 3. The lowest BCUT2D eigenvalue weighted by molar-refractivity contribution is 0.102. The van der Waals surface area contributed by atoms with Crippen molar-refractivity contribution in [1.82, 2.24) is 0 Å². The maximum atomic E-state index is 12.2. The second-order valence-electron chi connectivity index (χ2n) is 4.58. The summed E-state index contributed by atoms with van der Waals surface area (Å²) in [6.07, 6.45) is 0. The molecule has 0 saturated heterocycles. The van der Waals surface area contributed by atoms with E-state index in [9.17, 15) is 9.00 Å². The Morgan fingerprint density at radius 1 is 1.19 bits per heavy atom. The summed E-state index contributed by atoms with van der Waals surface area (Å²) in [4.78, 5) is 12.8. The third kappa shape index (κ3) is 3.93. The fourth-order valence-corrected chi connectivity index (χ4v) is 3.08. The Kier molecular flexibility index (Phi) is 5.15. The second kappa shape index (κ2) is 6.87. The number of benzene rings is 2. The van der Waals surface area contributed by atoms with E-state index in [0.29, 0.717) is 21.2 Å². The summed E-state index contributed by atoms with van der Waals surface area (Å²) in [5.41, 5.74) is 1.52. The van der Waals surface area contributed by atoms with E-state index in [0.717, 1.165) is 5.56 Å². The zero-order valence-corrected chi connectivity index (χ0v) is 13.3. The molecule has 2 rings (SSSR count). The molecule has 0 fully saturated rings. The molecule has 0 spiro atoms. The summed E-state index contributed by atoms with van der Waals surface area (Å²) < 4.78 is 17.2. The average Bonchev–Trinajstić information content (AvgIpc) is 2.47. The van der Waals surface area contributed by atoms with Crippen LogP contribution < -0.4 is 4.74 Å². The van der Waals surface area contributed by atoms with Gasteiger partial charge in [-0.3, -0.25) is 9.00 Å². The molecular formula is C16H15ClO3S. The molecule has 0 saturated carbocycles. The number of aryl methyl sites for hydroxylation is 1. The highest BCUT2D eigenvalue weighted by molar-refractivity contribution is 7.85. The minimum Gasteiger partial charge on any atom is -0.495 e. The molecule has 0 radical (unpaired) electrons. The van der Waals surface area contributed by atoms with Crippen LogP contribution in [-0.4, -0.2) is 22.9 Å². The summed E-state index contributed by atoms with van der Waals surface area (Å²) in [5, 5.41) is 0.365. The largest absolute Gasteiger partial charge is 0.495 e. The molecule has 0 heterocycles. The van der Waals surface area contributed by atoms with E-state index >= 15 is 0 Å². The molecule has 0 aromatic heterocycles. The molecule has 0 amide bonds. The van der Waals surface area contributed by atoms with Crippen molar-refractivity contribution in [2.45, 2.75) is 11.8 Å². The van der Waals surface area contributed by atoms with Gasteiger partial charge in [0.15, 0.2) is 5.78 Å². The second-order valence-corrected chi connectivity index (χ2v) is 6.43. The zero-order chi connectivity index (χ0) is 15.4. The Morgan fingerprint density at radius 2 is 1.86 bits per heavy atom. The highest BCUT2D eigenvalue weighted by Crippen LogP contribution is 2.25. The van der Waals surface area contributed by atoms with Crippen molar-refractivity contribution < 1.29 is 13.7 Å². The summed E-state index contributed by atoms with van der Waals surface area (Å²) in [6.45, 7) is 1.96. The van der Waals surface area contributed by atoms with Crippen LogP contribution >= 0.6 is 11.6 Å². The van der Waals surface area contributed by atoms with Crippen LogP contribution in [0.1, 0.15) is 15.9 Å². The first-order chi connectivity index (χ1) is 10.0. The van der Waals surface area contributed by atoms with E-state index in [1.807, 2.05) is 19.1 Å². The molecule has 0 aliphatic carbocycles. The topological polar surface area (TPSA) is 43.4 Å². The smallest absolute Gasteiger partial charge is 0.175 e. The fraction of sp³-hybridized carbons (Fsp3) is 0.188. The van der Waals surface area contributed by atoms with Crippen LogP contribution in [0.15, 0.2) is 47.4 Å². The highest BCUT2D eigenvalue weighted by atomic mass is 35.5. The van der Waals surface area contributed by atoms with Gasteiger partial charge in [0.2, 0.25) is 0 Å². The molecular weight excluding hydrogens is 308 g/mol. The summed E-state index contributed by atoms with van der Waals surface area (Å²) in [5.74, 6) is 0.234. The van der Waals surface area contributed by atoms with Gasteiger partial charge in [-0.25, -0.2) is 0 Å². The Hall–Kier alpha value is -1.65. The van der Waals surface area contributed by atoms with Gasteiger partial charge in [-0.1, -0.05) is 29.3 Å². The monoisotopic (exact) mass is 322 g/mol. The number of halogens is 1. The molecule has 5 heteroatoms. The molecule has 110 valence electrons. The predicted octanol–water partition coefficient (Wildman–Crippen LogP) is 3.65. The minimum absolute atomic E-state index is 0.0638. The third-order valence-corrected chi connectivity index (χ3v) is 4.64. The summed E-state index contributed by atoms with van der Waals surface area (Å²) in [7, 11) is 0.149. The van der Waals surface area contributed by atoms with Gasteiger partial charge in [0, 0.05) is 10.5 Å². The van der Waals surface area contributed by atoms with Gasteiger partial charge < -0.3 is 4.74 Å². The number of methoxy groups -OCH3 is 1. The van der Waals surface area contributed by atoms with Crippen molar-refractivity contribution in [2.75, 3.05) is 12.9 Å². The average molecular weight is 323 g/mol. The number of ether oxygens (including phenoxy) is 1.